The first kappa shape index (κ1) is 14.7. The average Bonchev–Trinajstić information content (AvgIpc) is 2.01. The molecule has 0 heterocycles. The summed E-state index contributed by atoms with van der Waals surface area (Å²) in [5.74, 6) is 0.0944. The summed E-state index contributed by atoms with van der Waals surface area (Å²) in [6.07, 6.45) is 0. The number of carbonyl (C=O) groups excluding carboxylic acids is 1. The Morgan fingerprint density at radius 3 is 2.15 bits per heavy atom. The van der Waals surface area contributed by atoms with Gasteiger partial charge in [-0.2, -0.15) is 0 Å². The lowest BCUT2D eigenvalue weighted by Gasteiger charge is -2.05. The van der Waals surface area contributed by atoms with Crippen molar-refractivity contribution in [3.05, 3.63) is 12.2 Å². The molecule has 0 radical (unpaired) electrons. The van der Waals surface area contributed by atoms with E-state index < -0.39 is 0 Å². The minimum atomic E-state index is -0.297. The van der Waals surface area contributed by atoms with E-state index >= 15 is 0 Å². The van der Waals surface area contributed by atoms with E-state index in [1.54, 1.807) is 6.92 Å². The van der Waals surface area contributed by atoms with Gasteiger partial charge in [-0.1, -0.05) is 27.4 Å². The molecule has 0 aromatic rings. The van der Waals surface area contributed by atoms with Gasteiger partial charge in [-0.25, -0.2) is 4.79 Å². The second-order valence-electron chi connectivity index (χ2n) is 3.18. The quantitative estimate of drug-likeness (QED) is 0.540. The molecule has 0 fully saturated rings. The first-order valence-electron chi connectivity index (χ1n) is 4.48. The van der Waals surface area contributed by atoms with Gasteiger partial charge in [-0.05, 0) is 19.4 Å². The Hall–Kier alpha value is -0.830. The van der Waals surface area contributed by atoms with Crippen LogP contribution in [0.25, 0.3) is 0 Å². The summed E-state index contributed by atoms with van der Waals surface area (Å²) in [5, 5.41) is 0. The van der Waals surface area contributed by atoms with E-state index in [2.05, 4.69) is 6.58 Å². The Bertz CT molecular complexity index is 153. The zero-order chi connectivity index (χ0) is 10.9. The van der Waals surface area contributed by atoms with Gasteiger partial charge in [0, 0.05) is 5.57 Å². The lowest BCUT2D eigenvalue weighted by Crippen LogP contribution is -2.09. The predicted octanol–water partition coefficient (Wildman–Crippen LogP) is 1.73. The molecule has 0 aromatic carbocycles. The van der Waals surface area contributed by atoms with Crippen LogP contribution in [-0.4, -0.2) is 19.1 Å². The van der Waals surface area contributed by atoms with Crippen LogP contribution in [0.1, 0.15) is 27.7 Å². The van der Waals surface area contributed by atoms with E-state index in [0.29, 0.717) is 18.1 Å². The summed E-state index contributed by atoms with van der Waals surface area (Å²) in [6, 6.07) is 0. The number of rotatable bonds is 3. The molecule has 0 atom stereocenters. The summed E-state index contributed by atoms with van der Waals surface area (Å²) in [7, 11) is 0. The Labute approximate surface area is 81.0 Å². The highest BCUT2D eigenvalue weighted by atomic mass is 16.5. The van der Waals surface area contributed by atoms with E-state index in [-0.39, 0.29) is 5.97 Å². The second-order valence-corrected chi connectivity index (χ2v) is 3.18. The first-order valence-corrected chi connectivity index (χ1v) is 4.48. The summed E-state index contributed by atoms with van der Waals surface area (Å²) in [4.78, 5) is 10.7. The van der Waals surface area contributed by atoms with Gasteiger partial charge in [0.25, 0.3) is 0 Å². The topological polar surface area (TPSA) is 52.3 Å². The zero-order valence-electron chi connectivity index (χ0n) is 9.09. The van der Waals surface area contributed by atoms with Gasteiger partial charge in [0.05, 0.1) is 6.61 Å². The van der Waals surface area contributed by atoms with Crippen LogP contribution in [0.4, 0.5) is 0 Å². The fraction of sp³-hybridized carbons (Fsp3) is 0.700. The van der Waals surface area contributed by atoms with Gasteiger partial charge in [-0.3, -0.25) is 0 Å². The molecule has 0 aromatic heterocycles. The summed E-state index contributed by atoms with van der Waals surface area (Å²) in [6.45, 7) is 12.2. The SMILES string of the molecule is C=C(C)C(=O)OCC(C)C.CCN. The van der Waals surface area contributed by atoms with E-state index in [1.807, 2.05) is 20.8 Å². The predicted molar refractivity (Wildman–Crippen MR) is 55.3 cm³/mol. The van der Waals surface area contributed by atoms with Crippen LogP contribution < -0.4 is 5.73 Å². The highest BCUT2D eigenvalue weighted by Crippen LogP contribution is 1.97. The van der Waals surface area contributed by atoms with Crippen molar-refractivity contribution in [2.45, 2.75) is 27.7 Å². The minimum Gasteiger partial charge on any atom is -0.462 e. The van der Waals surface area contributed by atoms with Crippen LogP contribution in [-0.2, 0) is 9.53 Å². The lowest BCUT2D eigenvalue weighted by atomic mass is 10.2. The van der Waals surface area contributed by atoms with Crippen molar-refractivity contribution in [1.82, 2.24) is 0 Å². The molecule has 3 heteroatoms. The molecule has 2 N–H and O–H groups in total. The third-order valence-electron chi connectivity index (χ3n) is 0.896. The van der Waals surface area contributed by atoms with Crippen molar-refractivity contribution < 1.29 is 9.53 Å². The number of ether oxygens (including phenoxy) is 1. The Kier molecular flexibility index (Phi) is 10.5. The fourth-order valence-corrected chi connectivity index (χ4v) is 0.366. The van der Waals surface area contributed by atoms with Crippen molar-refractivity contribution in [2.24, 2.45) is 11.7 Å². The number of hydrogen-bond donors (Lipinski definition) is 1. The Morgan fingerprint density at radius 2 is 1.92 bits per heavy atom. The highest BCUT2D eigenvalue weighted by molar-refractivity contribution is 5.86. The number of nitrogens with two attached hydrogens (primary N) is 1. The van der Waals surface area contributed by atoms with Gasteiger partial charge in [0.2, 0.25) is 0 Å². The molecule has 0 spiro atoms. The monoisotopic (exact) mass is 187 g/mol. The molecule has 0 aliphatic rings. The van der Waals surface area contributed by atoms with Gasteiger partial charge < -0.3 is 10.5 Å². The van der Waals surface area contributed by atoms with Gasteiger partial charge in [0.15, 0.2) is 0 Å². The molecule has 78 valence electrons. The summed E-state index contributed by atoms with van der Waals surface area (Å²) < 4.78 is 4.83. The van der Waals surface area contributed by atoms with Crippen molar-refractivity contribution in [3.8, 4) is 0 Å². The van der Waals surface area contributed by atoms with E-state index in [9.17, 15) is 4.79 Å². The third-order valence-corrected chi connectivity index (χ3v) is 0.896. The minimum absolute atomic E-state index is 0.297. The molecular formula is C10H21NO2. The standard InChI is InChI=1S/C8H14O2.C2H7N/c1-6(2)5-10-8(9)7(3)4;1-2-3/h6H,3,5H2,1-2,4H3;2-3H2,1H3. The van der Waals surface area contributed by atoms with Crippen LogP contribution in [0.2, 0.25) is 0 Å². The van der Waals surface area contributed by atoms with Crippen molar-refractivity contribution >= 4 is 5.97 Å². The molecule has 0 aliphatic carbocycles. The average molecular weight is 187 g/mol. The number of esters is 1. The van der Waals surface area contributed by atoms with Crippen LogP contribution in [0, 0.1) is 5.92 Å². The third kappa shape index (κ3) is 14.1. The van der Waals surface area contributed by atoms with Crippen molar-refractivity contribution in [1.29, 1.82) is 0 Å². The molecule has 0 rings (SSSR count). The normalized spacial score (nSPS) is 8.77. The van der Waals surface area contributed by atoms with E-state index in [4.69, 9.17) is 10.5 Å². The maximum Gasteiger partial charge on any atom is 0.333 e. The zero-order valence-corrected chi connectivity index (χ0v) is 9.09. The smallest absolute Gasteiger partial charge is 0.333 e. The Balaban J connectivity index is 0. The maximum atomic E-state index is 10.7. The summed E-state index contributed by atoms with van der Waals surface area (Å²) in [5.41, 5.74) is 5.31. The molecule has 0 aliphatic heterocycles. The first-order chi connectivity index (χ1) is 5.95. The molecular weight excluding hydrogens is 166 g/mol. The highest BCUT2D eigenvalue weighted by Gasteiger charge is 2.03. The summed E-state index contributed by atoms with van der Waals surface area (Å²) >= 11 is 0. The molecule has 0 unspecified atom stereocenters. The largest absolute Gasteiger partial charge is 0.462 e. The number of hydrogen-bond acceptors (Lipinski definition) is 3. The van der Waals surface area contributed by atoms with Crippen LogP contribution >= 0.6 is 0 Å². The molecule has 0 saturated carbocycles. The van der Waals surface area contributed by atoms with Crippen LogP contribution in [0.3, 0.4) is 0 Å². The van der Waals surface area contributed by atoms with E-state index in [0.717, 1.165) is 6.54 Å². The molecule has 0 saturated heterocycles. The van der Waals surface area contributed by atoms with Gasteiger partial charge in [0.1, 0.15) is 0 Å². The molecule has 3 nitrogen and oxygen atoms in total. The van der Waals surface area contributed by atoms with Crippen molar-refractivity contribution in [2.75, 3.05) is 13.2 Å². The molecule has 0 amide bonds. The maximum absolute atomic E-state index is 10.7. The van der Waals surface area contributed by atoms with Crippen molar-refractivity contribution in [3.63, 3.8) is 0 Å². The van der Waals surface area contributed by atoms with Crippen LogP contribution in [0.5, 0.6) is 0 Å². The number of carbonyl (C=O) groups is 1. The molecule has 0 bridgehead atoms. The van der Waals surface area contributed by atoms with E-state index in [1.165, 1.54) is 0 Å². The fourth-order valence-electron chi connectivity index (χ4n) is 0.366. The lowest BCUT2D eigenvalue weighted by molar-refractivity contribution is -0.139. The second kappa shape index (κ2) is 9.26. The van der Waals surface area contributed by atoms with Gasteiger partial charge >= 0.3 is 5.97 Å². The molecule has 13 heavy (non-hydrogen) atoms. The Morgan fingerprint density at radius 1 is 1.54 bits per heavy atom. The van der Waals surface area contributed by atoms with Gasteiger partial charge in [-0.15, -0.1) is 0 Å². The van der Waals surface area contributed by atoms with Crippen LogP contribution in [0.15, 0.2) is 12.2 Å².